The molecule has 0 aromatic carbocycles. The highest BCUT2D eigenvalue weighted by Gasteiger charge is 2.19. The monoisotopic (exact) mass is 284 g/mol. The Kier molecular flexibility index (Phi) is 3.65. The van der Waals surface area contributed by atoms with E-state index in [1.54, 1.807) is 23.7 Å². The lowest BCUT2D eigenvalue weighted by molar-refractivity contribution is 0.0772. The van der Waals surface area contributed by atoms with E-state index in [9.17, 15) is 4.79 Å². The maximum absolute atomic E-state index is 12.4. The van der Waals surface area contributed by atoms with Crippen LogP contribution >= 0.6 is 11.3 Å². The molecule has 0 aliphatic carbocycles. The summed E-state index contributed by atoms with van der Waals surface area (Å²) < 4.78 is 0. The number of thiophene rings is 1. The minimum Gasteiger partial charge on any atom is -0.335 e. The molecule has 0 spiro atoms. The summed E-state index contributed by atoms with van der Waals surface area (Å²) in [6.07, 6.45) is 6.50. The number of hydrogen-bond acceptors (Lipinski definition) is 3. The van der Waals surface area contributed by atoms with Crippen LogP contribution in [0.5, 0.6) is 0 Å². The van der Waals surface area contributed by atoms with Crippen molar-refractivity contribution in [1.29, 1.82) is 0 Å². The summed E-state index contributed by atoms with van der Waals surface area (Å²) in [5.74, 6) is 0.0719. The maximum Gasteiger partial charge on any atom is 0.255 e. The lowest BCUT2D eigenvalue weighted by Gasteiger charge is -2.26. The average molecular weight is 284 g/mol. The molecule has 3 nitrogen and oxygen atoms in total. The second-order valence-corrected chi connectivity index (χ2v) is 5.91. The quantitative estimate of drug-likeness (QED) is 0.847. The average Bonchev–Trinajstić information content (AvgIpc) is 3.01. The van der Waals surface area contributed by atoms with Crippen LogP contribution in [0.4, 0.5) is 0 Å². The molecule has 102 valence electrons. The van der Waals surface area contributed by atoms with Gasteiger partial charge in [-0.3, -0.25) is 9.78 Å². The van der Waals surface area contributed by atoms with Crippen LogP contribution in [0.2, 0.25) is 0 Å². The molecule has 1 amide bonds. The van der Waals surface area contributed by atoms with E-state index in [1.807, 2.05) is 17.9 Å². The zero-order chi connectivity index (χ0) is 13.9. The Hall–Kier alpha value is -1.94. The van der Waals surface area contributed by atoms with Gasteiger partial charge in [0.05, 0.1) is 5.56 Å². The fourth-order valence-corrected chi connectivity index (χ4v) is 3.19. The third kappa shape index (κ3) is 2.65. The molecular weight excluding hydrogens is 268 g/mol. The first-order valence-electron chi connectivity index (χ1n) is 6.68. The highest BCUT2D eigenvalue weighted by Crippen LogP contribution is 2.26. The van der Waals surface area contributed by atoms with Gasteiger partial charge in [-0.15, -0.1) is 11.3 Å². The number of pyridine rings is 1. The van der Waals surface area contributed by atoms with E-state index in [2.05, 4.69) is 28.6 Å². The molecule has 20 heavy (non-hydrogen) atoms. The summed E-state index contributed by atoms with van der Waals surface area (Å²) >= 11 is 1.76. The molecule has 0 radical (unpaired) electrons. The molecule has 1 aliphatic rings. The van der Waals surface area contributed by atoms with Gasteiger partial charge >= 0.3 is 0 Å². The highest BCUT2D eigenvalue weighted by molar-refractivity contribution is 7.11. The number of hydrogen-bond donors (Lipinski definition) is 0. The highest BCUT2D eigenvalue weighted by atomic mass is 32.1. The van der Waals surface area contributed by atoms with E-state index < -0.39 is 0 Å². The number of aromatic nitrogens is 1. The van der Waals surface area contributed by atoms with Crippen molar-refractivity contribution in [3.05, 3.63) is 58.1 Å². The smallest absolute Gasteiger partial charge is 0.255 e. The normalized spacial score (nSPS) is 15.1. The van der Waals surface area contributed by atoms with Gasteiger partial charge in [-0.2, -0.15) is 0 Å². The molecule has 0 saturated carbocycles. The first kappa shape index (κ1) is 13.1. The predicted molar refractivity (Wildman–Crippen MR) is 81.8 cm³/mol. The van der Waals surface area contributed by atoms with Crippen molar-refractivity contribution in [2.75, 3.05) is 13.1 Å². The fourth-order valence-electron chi connectivity index (χ4n) is 2.39. The van der Waals surface area contributed by atoms with E-state index in [-0.39, 0.29) is 5.91 Å². The largest absolute Gasteiger partial charge is 0.335 e. The number of nitrogens with zero attached hydrogens (tertiary/aromatic N) is 2. The molecule has 0 saturated heterocycles. The summed E-state index contributed by atoms with van der Waals surface area (Å²) in [7, 11) is 0. The minimum absolute atomic E-state index is 0.0719. The van der Waals surface area contributed by atoms with Crippen molar-refractivity contribution in [3.63, 3.8) is 0 Å². The van der Waals surface area contributed by atoms with Gasteiger partial charge in [-0.25, -0.2) is 0 Å². The Morgan fingerprint density at radius 1 is 1.40 bits per heavy atom. The first-order chi connectivity index (χ1) is 9.74. The van der Waals surface area contributed by atoms with Crippen LogP contribution in [-0.2, 0) is 0 Å². The van der Waals surface area contributed by atoms with Crippen LogP contribution in [0, 0.1) is 6.92 Å². The Labute approximate surface area is 122 Å². The van der Waals surface area contributed by atoms with Crippen molar-refractivity contribution in [3.8, 4) is 0 Å². The third-order valence-electron chi connectivity index (χ3n) is 3.46. The molecule has 3 rings (SSSR count). The molecule has 0 unspecified atom stereocenters. The van der Waals surface area contributed by atoms with Gasteiger partial charge in [-0.1, -0.05) is 12.1 Å². The maximum atomic E-state index is 12.4. The molecule has 0 fully saturated rings. The summed E-state index contributed by atoms with van der Waals surface area (Å²) in [5.41, 5.74) is 3.05. The van der Waals surface area contributed by atoms with Crippen LogP contribution in [0.1, 0.15) is 27.2 Å². The van der Waals surface area contributed by atoms with Gasteiger partial charge in [0.2, 0.25) is 0 Å². The fraction of sp³-hybridized carbons (Fsp3) is 0.250. The summed E-state index contributed by atoms with van der Waals surface area (Å²) in [6.45, 7) is 3.41. The van der Waals surface area contributed by atoms with Crippen molar-refractivity contribution in [2.45, 2.75) is 13.3 Å². The predicted octanol–water partition coefficient (Wildman–Crippen LogP) is 3.38. The van der Waals surface area contributed by atoms with E-state index in [1.165, 1.54) is 10.5 Å². The molecule has 0 atom stereocenters. The van der Waals surface area contributed by atoms with Crippen LogP contribution in [-0.4, -0.2) is 28.9 Å². The summed E-state index contributed by atoms with van der Waals surface area (Å²) in [6, 6.07) is 6.10. The van der Waals surface area contributed by atoms with E-state index in [0.717, 1.165) is 18.5 Å². The molecule has 0 N–H and O–H groups in total. The van der Waals surface area contributed by atoms with Gasteiger partial charge in [0, 0.05) is 30.4 Å². The Morgan fingerprint density at radius 2 is 2.30 bits per heavy atom. The Bertz CT molecular complexity index is 646. The lowest BCUT2D eigenvalue weighted by Crippen LogP contribution is -2.34. The van der Waals surface area contributed by atoms with Crippen LogP contribution in [0.25, 0.3) is 5.57 Å². The molecule has 4 heteroatoms. The van der Waals surface area contributed by atoms with Crippen LogP contribution in [0.15, 0.2) is 42.0 Å². The van der Waals surface area contributed by atoms with E-state index in [0.29, 0.717) is 12.1 Å². The van der Waals surface area contributed by atoms with Gasteiger partial charge in [0.25, 0.3) is 5.91 Å². The SMILES string of the molecule is Cc1cncc(C(=O)N2CC=C(c3cccs3)CC2)c1. The summed E-state index contributed by atoms with van der Waals surface area (Å²) in [4.78, 5) is 19.7. The number of carbonyl (C=O) groups excluding carboxylic acids is 1. The van der Waals surface area contributed by atoms with Gasteiger partial charge in [0.1, 0.15) is 0 Å². The van der Waals surface area contributed by atoms with E-state index >= 15 is 0 Å². The number of amides is 1. The topological polar surface area (TPSA) is 33.2 Å². The minimum atomic E-state index is 0.0719. The molecule has 3 heterocycles. The molecule has 2 aromatic rings. The van der Waals surface area contributed by atoms with Gasteiger partial charge in [-0.05, 0) is 42.0 Å². The standard InChI is InChI=1S/C16H16N2OS/c1-12-9-14(11-17-10-12)16(19)18-6-4-13(5-7-18)15-3-2-8-20-15/h2-4,8-11H,5-7H2,1H3. The lowest BCUT2D eigenvalue weighted by atomic mass is 10.1. The van der Waals surface area contributed by atoms with Gasteiger partial charge in [0.15, 0.2) is 0 Å². The number of carbonyl (C=O) groups is 1. The molecule has 0 bridgehead atoms. The molecule has 1 aliphatic heterocycles. The summed E-state index contributed by atoms with van der Waals surface area (Å²) in [5, 5.41) is 2.09. The van der Waals surface area contributed by atoms with Gasteiger partial charge < -0.3 is 4.90 Å². The molecular formula is C16H16N2OS. The van der Waals surface area contributed by atoms with Crippen LogP contribution in [0.3, 0.4) is 0 Å². The Balaban J connectivity index is 1.73. The Morgan fingerprint density at radius 3 is 2.95 bits per heavy atom. The van der Waals surface area contributed by atoms with E-state index in [4.69, 9.17) is 0 Å². The van der Waals surface area contributed by atoms with Crippen molar-refractivity contribution >= 4 is 22.8 Å². The first-order valence-corrected chi connectivity index (χ1v) is 7.56. The second-order valence-electron chi connectivity index (χ2n) is 4.96. The second kappa shape index (κ2) is 5.59. The zero-order valence-corrected chi connectivity index (χ0v) is 12.2. The zero-order valence-electron chi connectivity index (χ0n) is 11.4. The number of aryl methyl sites for hydroxylation is 1. The van der Waals surface area contributed by atoms with Crippen LogP contribution < -0.4 is 0 Å². The van der Waals surface area contributed by atoms with Crippen molar-refractivity contribution < 1.29 is 4.79 Å². The third-order valence-corrected chi connectivity index (χ3v) is 4.40. The molecule has 2 aromatic heterocycles. The van der Waals surface area contributed by atoms with Crippen molar-refractivity contribution in [2.24, 2.45) is 0 Å². The van der Waals surface area contributed by atoms with Crippen molar-refractivity contribution in [1.82, 2.24) is 9.88 Å². The number of rotatable bonds is 2.